The summed E-state index contributed by atoms with van der Waals surface area (Å²) in [7, 11) is 1.26. The van der Waals surface area contributed by atoms with Gasteiger partial charge in [0.05, 0.1) is 38.2 Å². The van der Waals surface area contributed by atoms with E-state index >= 15 is 0 Å². The number of dihydropyridines is 1. The highest BCUT2D eigenvalue weighted by atomic mass is 35.5. The number of ether oxygens (including phenoxy) is 3. The second-order valence-corrected chi connectivity index (χ2v) is 7.19. The molecule has 1 unspecified atom stereocenters. The normalized spacial score (nSPS) is 15.8. The van der Waals surface area contributed by atoms with E-state index in [0.29, 0.717) is 22.0 Å². The standard InChI is InChI=1S/C22H27ClN2O7/c1-4-32-21(28)20-16(12-31-10-9-24-22(29)30-3)25-13(2)18(17(27)11-26)19(20)14-7-5-6-8-15(14)23/h5-8,19,25-26H,4,9-12H2,1-3H3,(H,24,29). The lowest BCUT2D eigenvalue weighted by Gasteiger charge is -2.32. The lowest BCUT2D eigenvalue weighted by molar-refractivity contribution is -0.139. The van der Waals surface area contributed by atoms with Crippen LogP contribution in [0, 0.1) is 0 Å². The summed E-state index contributed by atoms with van der Waals surface area (Å²) >= 11 is 6.43. The number of alkyl carbamates (subject to hydrolysis) is 1. The summed E-state index contributed by atoms with van der Waals surface area (Å²) in [6, 6.07) is 6.86. The maximum Gasteiger partial charge on any atom is 0.406 e. The van der Waals surface area contributed by atoms with E-state index in [0.717, 1.165) is 0 Å². The number of carbonyl (C=O) groups is 3. The number of carbonyl (C=O) groups excluding carboxylic acids is 3. The molecule has 3 N–H and O–H groups in total. The number of methoxy groups -OCH3 is 1. The van der Waals surface area contributed by atoms with Gasteiger partial charge in [-0.25, -0.2) is 9.59 Å². The molecule has 1 atom stereocenters. The van der Waals surface area contributed by atoms with Gasteiger partial charge in [-0.15, -0.1) is 0 Å². The molecule has 1 aromatic rings. The molecule has 0 bridgehead atoms. The molecule has 10 heteroatoms. The van der Waals surface area contributed by atoms with Crippen molar-refractivity contribution >= 4 is 29.4 Å². The Morgan fingerprint density at radius 2 is 1.94 bits per heavy atom. The Morgan fingerprint density at radius 3 is 2.56 bits per heavy atom. The molecule has 1 aliphatic rings. The van der Waals surface area contributed by atoms with Crippen molar-refractivity contribution in [3.05, 3.63) is 57.4 Å². The number of allylic oxidation sites excluding steroid dienone is 1. The highest BCUT2D eigenvalue weighted by Crippen LogP contribution is 2.41. The first-order valence-electron chi connectivity index (χ1n) is 10.0. The smallest absolute Gasteiger partial charge is 0.406 e. The molecule has 0 radical (unpaired) electrons. The first-order chi connectivity index (χ1) is 15.3. The van der Waals surface area contributed by atoms with E-state index in [2.05, 4.69) is 15.4 Å². The van der Waals surface area contributed by atoms with Crippen LogP contribution in [0.3, 0.4) is 0 Å². The lowest BCUT2D eigenvalue weighted by atomic mass is 9.78. The minimum absolute atomic E-state index is 0.0180. The summed E-state index contributed by atoms with van der Waals surface area (Å²) in [5.74, 6) is -2.02. The Labute approximate surface area is 191 Å². The van der Waals surface area contributed by atoms with Crippen LogP contribution in [0.5, 0.6) is 0 Å². The third kappa shape index (κ3) is 6.09. The summed E-state index contributed by atoms with van der Waals surface area (Å²) in [4.78, 5) is 36.8. The number of halogens is 1. The second-order valence-electron chi connectivity index (χ2n) is 6.78. The summed E-state index contributed by atoms with van der Waals surface area (Å²) in [5.41, 5.74) is 1.79. The Balaban J connectivity index is 2.46. The van der Waals surface area contributed by atoms with E-state index in [1.54, 1.807) is 38.1 Å². The maximum absolute atomic E-state index is 13.0. The van der Waals surface area contributed by atoms with Gasteiger partial charge in [-0.05, 0) is 25.5 Å². The average molecular weight is 467 g/mol. The zero-order valence-electron chi connectivity index (χ0n) is 18.2. The molecule has 1 aromatic carbocycles. The van der Waals surface area contributed by atoms with Gasteiger partial charge in [0.1, 0.15) is 6.61 Å². The highest BCUT2D eigenvalue weighted by molar-refractivity contribution is 6.31. The molecular weight excluding hydrogens is 440 g/mol. The molecule has 0 saturated heterocycles. The number of Topliss-reactive ketones (excluding diaryl/α,β-unsaturated/α-hetero) is 1. The third-order valence-corrected chi connectivity index (χ3v) is 5.09. The minimum Gasteiger partial charge on any atom is -0.463 e. The predicted molar refractivity (Wildman–Crippen MR) is 117 cm³/mol. The molecular formula is C22H27ClN2O7. The van der Waals surface area contributed by atoms with Crippen LogP contribution in [0.2, 0.25) is 5.02 Å². The number of hydrogen-bond donors (Lipinski definition) is 3. The van der Waals surface area contributed by atoms with Crippen LogP contribution in [-0.2, 0) is 23.8 Å². The molecule has 0 aliphatic carbocycles. The van der Waals surface area contributed by atoms with Crippen LogP contribution in [0.15, 0.2) is 46.8 Å². The molecule has 2 rings (SSSR count). The summed E-state index contributed by atoms with van der Waals surface area (Å²) in [6.07, 6.45) is -0.583. The Bertz CT molecular complexity index is 927. The molecule has 1 aliphatic heterocycles. The molecule has 32 heavy (non-hydrogen) atoms. The largest absolute Gasteiger partial charge is 0.463 e. The van der Waals surface area contributed by atoms with Crippen molar-refractivity contribution in [2.45, 2.75) is 19.8 Å². The average Bonchev–Trinajstić information content (AvgIpc) is 2.78. The topological polar surface area (TPSA) is 123 Å². The zero-order valence-corrected chi connectivity index (χ0v) is 19.0. The van der Waals surface area contributed by atoms with E-state index in [1.165, 1.54) is 7.11 Å². The van der Waals surface area contributed by atoms with E-state index in [4.69, 9.17) is 21.1 Å². The molecule has 9 nitrogen and oxygen atoms in total. The number of benzene rings is 1. The number of aliphatic hydroxyl groups is 1. The summed E-state index contributed by atoms with van der Waals surface area (Å²) in [5, 5.41) is 15.5. The van der Waals surface area contributed by atoms with E-state index in [-0.39, 0.29) is 37.5 Å². The molecule has 174 valence electrons. The van der Waals surface area contributed by atoms with Gasteiger partial charge in [0.2, 0.25) is 0 Å². The number of aliphatic hydroxyl groups excluding tert-OH is 1. The van der Waals surface area contributed by atoms with Crippen molar-refractivity contribution in [2.24, 2.45) is 0 Å². The van der Waals surface area contributed by atoms with Crippen molar-refractivity contribution < 1.29 is 33.7 Å². The van der Waals surface area contributed by atoms with Crippen molar-refractivity contribution in [2.75, 3.05) is 40.1 Å². The Kier molecular flexibility index (Phi) is 9.70. The fourth-order valence-electron chi connectivity index (χ4n) is 3.41. The first kappa shape index (κ1) is 25.4. The van der Waals surface area contributed by atoms with Gasteiger partial charge in [0, 0.05) is 28.8 Å². The fraction of sp³-hybridized carbons (Fsp3) is 0.409. The van der Waals surface area contributed by atoms with Crippen LogP contribution >= 0.6 is 11.6 Å². The van der Waals surface area contributed by atoms with E-state index in [1.807, 2.05) is 0 Å². The zero-order chi connectivity index (χ0) is 23.7. The van der Waals surface area contributed by atoms with Gasteiger partial charge in [-0.1, -0.05) is 29.8 Å². The summed E-state index contributed by atoms with van der Waals surface area (Å²) < 4.78 is 15.4. The minimum atomic E-state index is -0.851. The first-order valence-corrected chi connectivity index (χ1v) is 10.4. The number of esters is 1. The Hall–Kier alpha value is -2.88. The van der Waals surface area contributed by atoms with Crippen LogP contribution in [0.4, 0.5) is 4.79 Å². The number of hydrogen-bond acceptors (Lipinski definition) is 8. The van der Waals surface area contributed by atoms with Crippen molar-refractivity contribution in [1.29, 1.82) is 0 Å². The molecule has 0 spiro atoms. The SMILES string of the molecule is CCOC(=O)C1=C(COCCNC(=O)OC)NC(C)=C(C(=O)CO)C1c1ccccc1Cl. The van der Waals surface area contributed by atoms with Gasteiger partial charge < -0.3 is 30.0 Å². The van der Waals surface area contributed by atoms with Gasteiger partial charge in [0.25, 0.3) is 0 Å². The van der Waals surface area contributed by atoms with Crippen molar-refractivity contribution in [3.63, 3.8) is 0 Å². The van der Waals surface area contributed by atoms with E-state index < -0.39 is 30.4 Å². The second kappa shape index (κ2) is 12.2. The quantitative estimate of drug-likeness (QED) is 0.353. The molecule has 0 saturated carbocycles. The van der Waals surface area contributed by atoms with Crippen molar-refractivity contribution in [3.8, 4) is 0 Å². The van der Waals surface area contributed by atoms with Crippen LogP contribution in [-0.4, -0.2) is 63.0 Å². The van der Waals surface area contributed by atoms with Gasteiger partial charge in [-0.3, -0.25) is 4.79 Å². The molecule has 0 fully saturated rings. The lowest BCUT2D eigenvalue weighted by Crippen LogP contribution is -2.35. The number of amides is 1. The monoisotopic (exact) mass is 466 g/mol. The molecule has 0 aromatic heterocycles. The Morgan fingerprint density at radius 1 is 1.22 bits per heavy atom. The fourth-order valence-corrected chi connectivity index (χ4v) is 3.65. The van der Waals surface area contributed by atoms with Gasteiger partial charge in [0.15, 0.2) is 5.78 Å². The van der Waals surface area contributed by atoms with Crippen LogP contribution in [0.1, 0.15) is 25.3 Å². The van der Waals surface area contributed by atoms with Crippen LogP contribution in [0.25, 0.3) is 0 Å². The molecule has 1 amide bonds. The predicted octanol–water partition coefficient (Wildman–Crippen LogP) is 2.05. The summed E-state index contributed by atoms with van der Waals surface area (Å²) in [6.45, 7) is 3.08. The third-order valence-electron chi connectivity index (χ3n) is 4.75. The molecule has 1 heterocycles. The van der Waals surface area contributed by atoms with Gasteiger partial charge in [-0.2, -0.15) is 0 Å². The highest BCUT2D eigenvalue weighted by Gasteiger charge is 2.38. The van der Waals surface area contributed by atoms with E-state index in [9.17, 15) is 19.5 Å². The number of ketones is 1. The van der Waals surface area contributed by atoms with Crippen LogP contribution < -0.4 is 10.6 Å². The number of nitrogens with one attached hydrogen (secondary N) is 2. The number of rotatable bonds is 10. The maximum atomic E-state index is 13.0. The van der Waals surface area contributed by atoms with Crippen molar-refractivity contribution in [1.82, 2.24) is 10.6 Å². The van der Waals surface area contributed by atoms with Gasteiger partial charge >= 0.3 is 12.1 Å².